The summed E-state index contributed by atoms with van der Waals surface area (Å²) in [5.74, 6) is 0.193. The number of carbonyl (C=O) groups is 1. The van der Waals surface area contributed by atoms with Crippen LogP contribution < -0.4 is 11.1 Å². The van der Waals surface area contributed by atoms with Crippen LogP contribution in [-0.4, -0.2) is 18.5 Å². The average molecular weight is 234 g/mol. The van der Waals surface area contributed by atoms with Crippen LogP contribution in [0.15, 0.2) is 30.3 Å². The zero-order chi connectivity index (χ0) is 12.7. The third-order valence-electron chi connectivity index (χ3n) is 3.01. The van der Waals surface area contributed by atoms with Crippen LogP contribution in [0, 0.1) is 0 Å². The quantitative estimate of drug-likeness (QED) is 0.791. The number of amides is 1. The van der Waals surface area contributed by atoms with Gasteiger partial charge in [-0.25, -0.2) is 0 Å². The number of carbonyl (C=O) groups excluding carboxylic acids is 1. The molecule has 3 N–H and O–H groups in total. The average Bonchev–Trinajstić information content (AvgIpc) is 2.36. The highest BCUT2D eigenvalue weighted by atomic mass is 16.1. The fraction of sp³-hybridized carbons (Fsp3) is 0.500. The second kappa shape index (κ2) is 7.07. The molecule has 0 heterocycles. The molecule has 0 aliphatic rings. The van der Waals surface area contributed by atoms with Gasteiger partial charge < -0.3 is 11.1 Å². The molecule has 1 aromatic rings. The fourth-order valence-corrected chi connectivity index (χ4v) is 1.72. The maximum absolute atomic E-state index is 11.8. The highest BCUT2D eigenvalue weighted by Gasteiger charge is 2.15. The lowest BCUT2D eigenvalue weighted by molar-refractivity contribution is -0.122. The molecule has 0 bridgehead atoms. The molecule has 0 aliphatic heterocycles. The van der Waals surface area contributed by atoms with Crippen molar-refractivity contribution in [3.05, 3.63) is 35.9 Å². The maximum Gasteiger partial charge on any atom is 0.220 e. The Hall–Kier alpha value is -1.35. The molecule has 0 spiro atoms. The van der Waals surface area contributed by atoms with E-state index in [2.05, 4.69) is 12.2 Å². The highest BCUT2D eigenvalue weighted by Crippen LogP contribution is 2.17. The van der Waals surface area contributed by atoms with Gasteiger partial charge in [0, 0.05) is 18.4 Å². The van der Waals surface area contributed by atoms with Crippen LogP contribution in [0.4, 0.5) is 0 Å². The van der Waals surface area contributed by atoms with Crippen molar-refractivity contribution in [1.82, 2.24) is 5.32 Å². The molecule has 0 saturated carbocycles. The Bertz CT molecular complexity index is 337. The van der Waals surface area contributed by atoms with Gasteiger partial charge in [-0.2, -0.15) is 0 Å². The van der Waals surface area contributed by atoms with Crippen LogP contribution in [0.25, 0.3) is 0 Å². The molecule has 2 unspecified atom stereocenters. The summed E-state index contributed by atoms with van der Waals surface area (Å²) in [5.41, 5.74) is 6.87. The summed E-state index contributed by atoms with van der Waals surface area (Å²) in [4.78, 5) is 11.8. The highest BCUT2D eigenvalue weighted by molar-refractivity contribution is 5.77. The summed E-state index contributed by atoms with van der Waals surface area (Å²) in [6.45, 7) is 4.57. The van der Waals surface area contributed by atoms with Crippen LogP contribution in [-0.2, 0) is 4.79 Å². The largest absolute Gasteiger partial charge is 0.354 e. The minimum Gasteiger partial charge on any atom is -0.354 e. The number of nitrogens with two attached hydrogens (primary N) is 1. The van der Waals surface area contributed by atoms with Crippen molar-refractivity contribution in [3.63, 3.8) is 0 Å². The van der Waals surface area contributed by atoms with Gasteiger partial charge in [0.15, 0.2) is 0 Å². The second-order valence-corrected chi connectivity index (χ2v) is 4.42. The first-order valence-electron chi connectivity index (χ1n) is 6.21. The Labute approximate surface area is 103 Å². The van der Waals surface area contributed by atoms with E-state index in [9.17, 15) is 4.79 Å². The van der Waals surface area contributed by atoms with Gasteiger partial charge in [-0.05, 0) is 25.5 Å². The number of rotatable bonds is 6. The van der Waals surface area contributed by atoms with Crippen molar-refractivity contribution in [2.24, 2.45) is 5.73 Å². The molecule has 0 aromatic heterocycles. The maximum atomic E-state index is 11.8. The van der Waals surface area contributed by atoms with Crippen LogP contribution in [0.5, 0.6) is 0 Å². The molecule has 1 aromatic carbocycles. The Morgan fingerprint density at radius 3 is 2.53 bits per heavy atom. The summed E-state index contributed by atoms with van der Waals surface area (Å²) in [7, 11) is 0. The molecule has 0 fully saturated rings. The summed E-state index contributed by atoms with van der Waals surface area (Å²) < 4.78 is 0. The molecule has 17 heavy (non-hydrogen) atoms. The first kappa shape index (κ1) is 13.7. The Morgan fingerprint density at radius 2 is 2.00 bits per heavy atom. The van der Waals surface area contributed by atoms with Crippen molar-refractivity contribution < 1.29 is 4.79 Å². The Morgan fingerprint density at radius 1 is 1.35 bits per heavy atom. The fourth-order valence-electron chi connectivity index (χ4n) is 1.72. The lowest BCUT2D eigenvalue weighted by Crippen LogP contribution is -2.33. The lowest BCUT2D eigenvalue weighted by atomic mass is 9.95. The topological polar surface area (TPSA) is 55.1 Å². The number of hydrogen-bond acceptors (Lipinski definition) is 2. The van der Waals surface area contributed by atoms with E-state index in [0.29, 0.717) is 13.0 Å². The van der Waals surface area contributed by atoms with Gasteiger partial charge in [-0.3, -0.25) is 4.79 Å². The molecule has 3 heteroatoms. The Balaban J connectivity index is 2.56. The van der Waals surface area contributed by atoms with E-state index in [0.717, 1.165) is 12.0 Å². The van der Waals surface area contributed by atoms with Gasteiger partial charge in [0.1, 0.15) is 0 Å². The standard InChI is InChI=1S/C14H22N2O/c1-3-11(2)16-14(17)9-13(10-15)12-7-5-4-6-8-12/h4-8,11,13H,3,9-10,15H2,1-2H3,(H,16,17). The Kier molecular flexibility index (Phi) is 5.70. The molecule has 1 amide bonds. The molecule has 0 saturated heterocycles. The number of nitrogens with one attached hydrogen (secondary N) is 1. The van der Waals surface area contributed by atoms with Crippen LogP contribution >= 0.6 is 0 Å². The zero-order valence-corrected chi connectivity index (χ0v) is 10.6. The molecule has 1 rings (SSSR count). The van der Waals surface area contributed by atoms with Gasteiger partial charge >= 0.3 is 0 Å². The van der Waals surface area contributed by atoms with E-state index in [1.54, 1.807) is 0 Å². The molecule has 2 atom stereocenters. The summed E-state index contributed by atoms with van der Waals surface area (Å²) in [6.07, 6.45) is 1.41. The number of benzene rings is 1. The monoisotopic (exact) mass is 234 g/mol. The van der Waals surface area contributed by atoms with Crippen molar-refractivity contribution in [1.29, 1.82) is 0 Å². The molecule has 0 radical (unpaired) electrons. The minimum atomic E-state index is 0.0821. The van der Waals surface area contributed by atoms with Crippen molar-refractivity contribution in [2.45, 2.75) is 38.6 Å². The zero-order valence-electron chi connectivity index (χ0n) is 10.6. The van der Waals surface area contributed by atoms with E-state index in [1.165, 1.54) is 0 Å². The third-order valence-corrected chi connectivity index (χ3v) is 3.01. The molecular weight excluding hydrogens is 212 g/mol. The first-order chi connectivity index (χ1) is 8.17. The van der Waals surface area contributed by atoms with Crippen LogP contribution in [0.3, 0.4) is 0 Å². The van der Waals surface area contributed by atoms with E-state index in [4.69, 9.17) is 5.73 Å². The van der Waals surface area contributed by atoms with Gasteiger partial charge in [-0.1, -0.05) is 37.3 Å². The van der Waals surface area contributed by atoms with E-state index in [1.807, 2.05) is 37.3 Å². The minimum absolute atomic E-state index is 0.0821. The molecule has 0 aliphatic carbocycles. The summed E-state index contributed by atoms with van der Waals surface area (Å²) >= 11 is 0. The lowest BCUT2D eigenvalue weighted by Gasteiger charge is -2.17. The number of hydrogen-bond donors (Lipinski definition) is 2. The molecular formula is C14H22N2O. The van der Waals surface area contributed by atoms with Gasteiger partial charge in [0.2, 0.25) is 5.91 Å². The van der Waals surface area contributed by atoms with Gasteiger partial charge in [0.25, 0.3) is 0 Å². The van der Waals surface area contributed by atoms with E-state index >= 15 is 0 Å². The third kappa shape index (κ3) is 4.57. The van der Waals surface area contributed by atoms with Crippen LogP contribution in [0.1, 0.15) is 38.2 Å². The van der Waals surface area contributed by atoms with Crippen molar-refractivity contribution in [2.75, 3.05) is 6.54 Å². The second-order valence-electron chi connectivity index (χ2n) is 4.42. The molecule has 3 nitrogen and oxygen atoms in total. The summed E-state index contributed by atoms with van der Waals surface area (Å²) in [6, 6.07) is 10.2. The first-order valence-corrected chi connectivity index (χ1v) is 6.21. The normalized spacial score (nSPS) is 14.1. The summed E-state index contributed by atoms with van der Waals surface area (Å²) in [5, 5.41) is 2.97. The molecule has 94 valence electrons. The predicted molar refractivity (Wildman–Crippen MR) is 70.8 cm³/mol. The predicted octanol–water partition coefficient (Wildman–Crippen LogP) is 2.03. The van der Waals surface area contributed by atoms with E-state index in [-0.39, 0.29) is 17.9 Å². The van der Waals surface area contributed by atoms with Crippen molar-refractivity contribution >= 4 is 5.91 Å². The SMILES string of the molecule is CCC(C)NC(=O)CC(CN)c1ccccc1. The smallest absolute Gasteiger partial charge is 0.220 e. The van der Waals surface area contributed by atoms with E-state index < -0.39 is 0 Å². The van der Waals surface area contributed by atoms with Crippen molar-refractivity contribution in [3.8, 4) is 0 Å². The van der Waals surface area contributed by atoms with Gasteiger partial charge in [-0.15, -0.1) is 0 Å². The van der Waals surface area contributed by atoms with Gasteiger partial charge in [0.05, 0.1) is 0 Å². The van der Waals surface area contributed by atoms with Crippen LogP contribution in [0.2, 0.25) is 0 Å².